The molecule has 0 aliphatic carbocycles. The average Bonchev–Trinajstić information content (AvgIpc) is 2.86. The van der Waals surface area contributed by atoms with Gasteiger partial charge in [-0.05, 0) is 62.9 Å². The number of nitrogens with two attached hydrogens (primary N) is 1. The van der Waals surface area contributed by atoms with Gasteiger partial charge in [-0.1, -0.05) is 18.0 Å². The van der Waals surface area contributed by atoms with E-state index in [-0.39, 0.29) is 37.5 Å². The van der Waals surface area contributed by atoms with Crippen LogP contribution in [0.15, 0.2) is 53.8 Å². The van der Waals surface area contributed by atoms with Crippen LogP contribution in [0.5, 0.6) is 5.75 Å². The van der Waals surface area contributed by atoms with Crippen LogP contribution in [0.1, 0.15) is 44.9 Å². The SMILES string of the molecule is Cl.N#CNC(=NCCCCCCOc1ccc(Cl)cc1)Nc1cc[n+](COC(=O)CCCCN)cc1.[Cl-]. The van der Waals surface area contributed by atoms with E-state index in [1.807, 2.05) is 42.6 Å². The molecule has 12 heteroatoms. The number of ether oxygens (including phenoxy) is 2. The Morgan fingerprint density at radius 2 is 1.76 bits per heavy atom. The molecule has 0 radical (unpaired) electrons. The highest BCUT2D eigenvalue weighted by Gasteiger charge is 2.07. The minimum Gasteiger partial charge on any atom is -1.00 e. The quantitative estimate of drug-likeness (QED) is 0.0555. The first-order valence-corrected chi connectivity index (χ1v) is 12.2. The van der Waals surface area contributed by atoms with Crippen LogP contribution in [0.4, 0.5) is 5.69 Å². The molecule has 0 saturated carbocycles. The zero-order chi connectivity index (χ0) is 25.1. The van der Waals surface area contributed by atoms with Crippen molar-refractivity contribution in [2.75, 3.05) is 25.0 Å². The van der Waals surface area contributed by atoms with E-state index in [0.717, 1.165) is 50.0 Å². The molecule has 0 bridgehead atoms. The van der Waals surface area contributed by atoms with Gasteiger partial charge in [-0.25, -0.2) is 0 Å². The fourth-order valence-corrected chi connectivity index (χ4v) is 3.16. The summed E-state index contributed by atoms with van der Waals surface area (Å²) in [5.41, 5.74) is 6.18. The number of anilines is 1. The Bertz CT molecular complexity index is 954. The van der Waals surface area contributed by atoms with Gasteiger partial charge in [0.1, 0.15) is 5.75 Å². The van der Waals surface area contributed by atoms with Crippen molar-refractivity contribution in [3.63, 3.8) is 0 Å². The van der Waals surface area contributed by atoms with E-state index in [1.54, 1.807) is 17.0 Å². The minimum absolute atomic E-state index is 0. The zero-order valence-electron chi connectivity index (χ0n) is 20.7. The summed E-state index contributed by atoms with van der Waals surface area (Å²) in [6.45, 7) is 1.98. The first-order chi connectivity index (χ1) is 17.1. The van der Waals surface area contributed by atoms with Gasteiger partial charge >= 0.3 is 5.97 Å². The molecule has 0 fully saturated rings. The van der Waals surface area contributed by atoms with Crippen molar-refractivity contribution in [3.05, 3.63) is 53.8 Å². The van der Waals surface area contributed by atoms with Crippen molar-refractivity contribution in [3.8, 4) is 11.9 Å². The van der Waals surface area contributed by atoms with Crippen LogP contribution in [0.3, 0.4) is 0 Å². The van der Waals surface area contributed by atoms with E-state index >= 15 is 0 Å². The van der Waals surface area contributed by atoms with Gasteiger partial charge in [0.05, 0.1) is 12.3 Å². The molecule has 1 aromatic carbocycles. The number of esters is 1. The Morgan fingerprint density at radius 1 is 1.05 bits per heavy atom. The Balaban J connectivity index is 0.00000648. The Morgan fingerprint density at radius 3 is 2.43 bits per heavy atom. The number of pyridine rings is 1. The molecule has 204 valence electrons. The Labute approximate surface area is 236 Å². The number of carbonyl (C=O) groups is 1. The third-order valence-electron chi connectivity index (χ3n) is 4.94. The van der Waals surface area contributed by atoms with E-state index < -0.39 is 0 Å². The van der Waals surface area contributed by atoms with Gasteiger partial charge < -0.3 is 32.9 Å². The molecule has 2 aromatic rings. The van der Waals surface area contributed by atoms with E-state index in [0.29, 0.717) is 37.1 Å². The van der Waals surface area contributed by atoms with E-state index in [1.165, 1.54) is 0 Å². The summed E-state index contributed by atoms with van der Waals surface area (Å²) < 4.78 is 12.7. The summed E-state index contributed by atoms with van der Waals surface area (Å²) in [4.78, 5) is 16.1. The number of nitrogens with zero attached hydrogens (tertiary/aromatic N) is 3. The number of carbonyl (C=O) groups excluding carboxylic acids is 1. The molecule has 0 unspecified atom stereocenters. The van der Waals surface area contributed by atoms with Crippen LogP contribution >= 0.6 is 24.0 Å². The van der Waals surface area contributed by atoms with Crippen molar-refractivity contribution in [2.24, 2.45) is 10.7 Å². The number of hydrogen-bond donors (Lipinski definition) is 3. The molecule has 0 amide bonds. The number of halogens is 3. The fraction of sp³-hybridized carbons (Fsp3) is 0.440. The third kappa shape index (κ3) is 15.8. The summed E-state index contributed by atoms with van der Waals surface area (Å²) in [5.74, 6) is 0.973. The lowest BCUT2D eigenvalue weighted by Crippen LogP contribution is -3.00. The summed E-state index contributed by atoms with van der Waals surface area (Å²) in [6, 6.07) is 11.0. The smallest absolute Gasteiger partial charge is 0.310 e. The number of benzene rings is 1. The summed E-state index contributed by atoms with van der Waals surface area (Å²) >= 11 is 5.86. The number of aromatic nitrogens is 1. The maximum absolute atomic E-state index is 11.7. The van der Waals surface area contributed by atoms with Crippen LogP contribution in [0.25, 0.3) is 0 Å². The number of unbranched alkanes of at least 4 members (excludes halogenated alkanes) is 4. The first kappa shape index (κ1) is 34.2. The van der Waals surface area contributed by atoms with Crippen molar-refractivity contribution in [1.29, 1.82) is 5.26 Å². The van der Waals surface area contributed by atoms with E-state index in [9.17, 15) is 4.79 Å². The molecule has 1 aromatic heterocycles. The minimum atomic E-state index is -0.241. The molecule has 2 rings (SSSR count). The molecule has 37 heavy (non-hydrogen) atoms. The molecule has 4 N–H and O–H groups in total. The fourth-order valence-electron chi connectivity index (χ4n) is 3.04. The number of hydrogen-bond acceptors (Lipinski definition) is 6. The Hall–Kier alpha value is -2.77. The van der Waals surface area contributed by atoms with Gasteiger partial charge in [-0.2, -0.15) is 9.83 Å². The van der Waals surface area contributed by atoms with Gasteiger partial charge in [0, 0.05) is 30.1 Å². The molecule has 0 atom stereocenters. The highest BCUT2D eigenvalue weighted by atomic mass is 35.5. The predicted octanol–water partition coefficient (Wildman–Crippen LogP) is 1.16. The highest BCUT2D eigenvalue weighted by Crippen LogP contribution is 2.16. The maximum atomic E-state index is 11.7. The molecular weight excluding hydrogens is 539 g/mol. The lowest BCUT2D eigenvalue weighted by molar-refractivity contribution is -0.727. The molecule has 1 heterocycles. The third-order valence-corrected chi connectivity index (χ3v) is 5.19. The van der Waals surface area contributed by atoms with Gasteiger partial charge in [0.15, 0.2) is 18.6 Å². The number of nitriles is 1. The lowest BCUT2D eigenvalue weighted by atomic mass is 10.2. The molecule has 0 aliphatic heterocycles. The van der Waals surface area contributed by atoms with Crippen molar-refractivity contribution in [2.45, 2.75) is 51.7 Å². The van der Waals surface area contributed by atoms with Crippen molar-refractivity contribution >= 4 is 41.6 Å². The zero-order valence-corrected chi connectivity index (χ0v) is 23.0. The van der Waals surface area contributed by atoms with Crippen LogP contribution < -0.4 is 38.1 Å². The average molecular weight is 574 g/mol. The second-order valence-corrected chi connectivity index (χ2v) is 8.24. The topological polar surface area (TPSA) is 126 Å². The van der Waals surface area contributed by atoms with Gasteiger partial charge in [0.25, 0.3) is 6.73 Å². The van der Waals surface area contributed by atoms with Gasteiger partial charge in [-0.3, -0.25) is 15.1 Å². The predicted molar refractivity (Wildman–Crippen MR) is 143 cm³/mol. The van der Waals surface area contributed by atoms with Crippen molar-refractivity contribution < 1.29 is 31.2 Å². The van der Waals surface area contributed by atoms with Crippen LogP contribution in [-0.2, 0) is 16.3 Å². The molecule has 9 nitrogen and oxygen atoms in total. The maximum Gasteiger partial charge on any atom is 0.310 e. The number of rotatable bonds is 15. The summed E-state index contributed by atoms with van der Waals surface area (Å²) in [5, 5.41) is 15.4. The first-order valence-electron chi connectivity index (χ1n) is 11.8. The van der Waals surface area contributed by atoms with E-state index in [4.69, 9.17) is 32.1 Å². The van der Waals surface area contributed by atoms with Crippen LogP contribution in [0, 0.1) is 11.5 Å². The summed E-state index contributed by atoms with van der Waals surface area (Å²) in [6.07, 6.45) is 11.3. The Kier molecular flexibility index (Phi) is 19.7. The molecule has 0 aliphatic rings. The molecular formula is C25H35Cl3N6O3. The lowest BCUT2D eigenvalue weighted by Gasteiger charge is -2.08. The van der Waals surface area contributed by atoms with Crippen molar-refractivity contribution in [1.82, 2.24) is 5.32 Å². The monoisotopic (exact) mass is 572 g/mol. The van der Waals surface area contributed by atoms with Gasteiger partial charge in [-0.15, -0.1) is 12.4 Å². The van der Waals surface area contributed by atoms with E-state index in [2.05, 4.69) is 15.6 Å². The number of guanidine groups is 1. The number of aliphatic imine (C=N–C) groups is 1. The normalized spacial score (nSPS) is 10.4. The standard InChI is InChI=1S/C25H33ClN6O3.2ClH/c26-21-8-10-23(11-9-21)34-18-6-2-1-5-15-29-25(30-19-28)31-22-12-16-32(17-13-22)20-35-24(33)7-3-4-14-27;;/h8-13,16-17H,1-7,14-15,18,20,27H2,(H,29,30);2*1H. The molecule has 0 spiro atoms. The summed E-state index contributed by atoms with van der Waals surface area (Å²) in [7, 11) is 0. The second-order valence-electron chi connectivity index (χ2n) is 7.80. The largest absolute Gasteiger partial charge is 1.00 e. The van der Waals surface area contributed by atoms with Crippen LogP contribution in [-0.4, -0.2) is 31.6 Å². The molecule has 0 saturated heterocycles. The van der Waals surface area contributed by atoms with Crippen LogP contribution in [0.2, 0.25) is 5.02 Å². The second kappa shape index (κ2) is 21.3. The number of nitrogens with one attached hydrogen (secondary N) is 2. The van der Waals surface area contributed by atoms with Gasteiger partial charge in [0.2, 0.25) is 5.96 Å². The highest BCUT2D eigenvalue weighted by molar-refractivity contribution is 6.30.